The summed E-state index contributed by atoms with van der Waals surface area (Å²) in [6.45, 7) is 3.01. The predicted molar refractivity (Wildman–Crippen MR) is 80.0 cm³/mol. The molecule has 1 aromatic rings. The molecule has 2 unspecified atom stereocenters. The van der Waals surface area contributed by atoms with Gasteiger partial charge in [-0.2, -0.15) is 0 Å². The number of likely N-dealkylation sites (N-methyl/N-ethyl adjacent to an activating group) is 1. The Hall–Kier alpha value is -1.55. The van der Waals surface area contributed by atoms with Crippen molar-refractivity contribution in [3.05, 3.63) is 29.8 Å². The van der Waals surface area contributed by atoms with Crippen molar-refractivity contribution in [3.63, 3.8) is 0 Å². The number of hydrogen-bond donors (Lipinski definition) is 1. The maximum atomic E-state index is 11.5. The lowest BCUT2D eigenvalue weighted by atomic mass is 10.0. The van der Waals surface area contributed by atoms with Crippen LogP contribution in [-0.2, 0) is 11.2 Å². The van der Waals surface area contributed by atoms with Gasteiger partial charge in [-0.15, -0.1) is 0 Å². The van der Waals surface area contributed by atoms with E-state index in [-0.39, 0.29) is 5.91 Å². The summed E-state index contributed by atoms with van der Waals surface area (Å²) in [5, 5.41) is 3.62. The molecule has 1 aliphatic heterocycles. The van der Waals surface area contributed by atoms with Gasteiger partial charge in [-0.3, -0.25) is 4.79 Å². The summed E-state index contributed by atoms with van der Waals surface area (Å²) in [6.07, 6.45) is 2.58. The molecule has 0 saturated carbocycles. The molecule has 0 bridgehead atoms. The largest absolute Gasteiger partial charge is 0.497 e. The number of ether oxygens (including phenoxy) is 1. The topological polar surface area (TPSA) is 41.6 Å². The van der Waals surface area contributed by atoms with Crippen LogP contribution in [0.15, 0.2) is 24.3 Å². The highest BCUT2D eigenvalue weighted by atomic mass is 16.5. The quantitative estimate of drug-likeness (QED) is 0.892. The van der Waals surface area contributed by atoms with Gasteiger partial charge in [0.25, 0.3) is 0 Å². The summed E-state index contributed by atoms with van der Waals surface area (Å²) < 4.78 is 5.16. The third kappa shape index (κ3) is 3.97. The Bertz CT molecular complexity index is 444. The fraction of sp³-hybridized carbons (Fsp3) is 0.562. The zero-order chi connectivity index (χ0) is 14.5. The summed E-state index contributed by atoms with van der Waals surface area (Å²) in [7, 11) is 3.56. The average Bonchev–Trinajstić information content (AvgIpc) is 2.44. The van der Waals surface area contributed by atoms with Gasteiger partial charge >= 0.3 is 0 Å². The van der Waals surface area contributed by atoms with Crippen LogP contribution in [0.5, 0.6) is 5.75 Å². The molecule has 0 spiro atoms. The maximum absolute atomic E-state index is 11.5. The van der Waals surface area contributed by atoms with Gasteiger partial charge in [-0.05, 0) is 37.5 Å². The van der Waals surface area contributed by atoms with E-state index in [4.69, 9.17) is 4.74 Å². The first-order valence-corrected chi connectivity index (χ1v) is 7.21. The van der Waals surface area contributed by atoms with E-state index < -0.39 is 0 Å². The summed E-state index contributed by atoms with van der Waals surface area (Å²) in [5.74, 6) is 1.15. The molecule has 1 heterocycles. The van der Waals surface area contributed by atoms with Gasteiger partial charge in [0.15, 0.2) is 0 Å². The maximum Gasteiger partial charge on any atom is 0.222 e. The Morgan fingerprint density at radius 2 is 2.10 bits per heavy atom. The molecule has 0 aromatic heterocycles. The average molecular weight is 276 g/mol. The highest BCUT2D eigenvalue weighted by molar-refractivity contribution is 5.76. The van der Waals surface area contributed by atoms with E-state index in [0.717, 1.165) is 25.1 Å². The molecule has 0 aliphatic carbocycles. The molecule has 1 fully saturated rings. The number of carbonyl (C=O) groups excluding carboxylic acids is 1. The van der Waals surface area contributed by atoms with Crippen molar-refractivity contribution in [1.82, 2.24) is 10.2 Å². The molecule has 1 N–H and O–H groups in total. The Morgan fingerprint density at radius 3 is 2.70 bits per heavy atom. The molecule has 110 valence electrons. The third-order valence-corrected chi connectivity index (χ3v) is 3.85. The van der Waals surface area contributed by atoms with Crippen molar-refractivity contribution in [1.29, 1.82) is 0 Å². The molecule has 0 radical (unpaired) electrons. The fourth-order valence-corrected chi connectivity index (χ4v) is 2.72. The number of piperidine rings is 1. The van der Waals surface area contributed by atoms with E-state index in [1.54, 1.807) is 7.11 Å². The van der Waals surface area contributed by atoms with Gasteiger partial charge < -0.3 is 15.0 Å². The normalized spacial score (nSPS) is 20.9. The minimum Gasteiger partial charge on any atom is -0.497 e. The molecule has 1 aromatic carbocycles. The summed E-state index contributed by atoms with van der Waals surface area (Å²) in [6, 6.07) is 9.01. The first kappa shape index (κ1) is 14.9. The van der Waals surface area contributed by atoms with E-state index >= 15 is 0 Å². The van der Waals surface area contributed by atoms with Crippen LogP contribution in [0.2, 0.25) is 0 Å². The van der Waals surface area contributed by atoms with E-state index in [2.05, 4.69) is 24.4 Å². The molecule has 1 aliphatic rings. The number of nitrogens with one attached hydrogen (secondary N) is 1. The Kier molecular flexibility index (Phi) is 5.01. The van der Waals surface area contributed by atoms with E-state index in [9.17, 15) is 4.79 Å². The lowest BCUT2D eigenvalue weighted by Gasteiger charge is -2.32. The highest BCUT2D eigenvalue weighted by Gasteiger charge is 2.23. The second-order valence-corrected chi connectivity index (χ2v) is 5.63. The lowest BCUT2D eigenvalue weighted by Crippen LogP contribution is -2.49. The zero-order valence-corrected chi connectivity index (χ0v) is 12.6. The number of likely N-dealkylation sites (tertiary alicyclic amines) is 1. The van der Waals surface area contributed by atoms with Crippen molar-refractivity contribution in [2.24, 2.45) is 0 Å². The van der Waals surface area contributed by atoms with Crippen LogP contribution >= 0.6 is 0 Å². The van der Waals surface area contributed by atoms with Gasteiger partial charge in [-0.25, -0.2) is 0 Å². The molecule has 2 rings (SSSR count). The van der Waals surface area contributed by atoms with E-state index in [0.29, 0.717) is 18.5 Å². The number of benzene rings is 1. The van der Waals surface area contributed by atoms with Crippen LogP contribution in [0.25, 0.3) is 0 Å². The lowest BCUT2D eigenvalue weighted by molar-refractivity contribution is -0.132. The van der Waals surface area contributed by atoms with Crippen LogP contribution in [0.3, 0.4) is 0 Å². The first-order chi connectivity index (χ1) is 9.58. The number of rotatable bonds is 5. The zero-order valence-electron chi connectivity index (χ0n) is 12.6. The Labute approximate surface area is 121 Å². The fourth-order valence-electron chi connectivity index (χ4n) is 2.72. The number of amides is 1. The predicted octanol–water partition coefficient (Wildman–Crippen LogP) is 1.84. The van der Waals surface area contributed by atoms with Gasteiger partial charge in [-0.1, -0.05) is 12.1 Å². The minimum atomic E-state index is 0.255. The summed E-state index contributed by atoms with van der Waals surface area (Å²) in [4.78, 5) is 13.3. The van der Waals surface area contributed by atoms with Gasteiger partial charge in [0.2, 0.25) is 5.91 Å². The van der Waals surface area contributed by atoms with Gasteiger partial charge in [0, 0.05) is 32.1 Å². The minimum absolute atomic E-state index is 0.255. The van der Waals surface area contributed by atoms with Crippen LogP contribution in [0.4, 0.5) is 0 Å². The monoisotopic (exact) mass is 276 g/mol. The summed E-state index contributed by atoms with van der Waals surface area (Å²) in [5.41, 5.74) is 1.30. The number of hydrogen-bond acceptors (Lipinski definition) is 3. The third-order valence-electron chi connectivity index (χ3n) is 3.85. The molecular formula is C16H24N2O2. The molecule has 1 amide bonds. The van der Waals surface area contributed by atoms with Crippen molar-refractivity contribution < 1.29 is 9.53 Å². The van der Waals surface area contributed by atoms with E-state index in [1.165, 1.54) is 5.56 Å². The number of carbonyl (C=O) groups is 1. The van der Waals surface area contributed by atoms with Crippen molar-refractivity contribution in [2.45, 2.75) is 38.3 Å². The van der Waals surface area contributed by atoms with Crippen LogP contribution in [-0.4, -0.2) is 43.6 Å². The molecule has 4 heteroatoms. The SMILES string of the molecule is COc1ccc(CC(C)NC2CCC(=O)N(C)C2)cc1. The number of nitrogens with zero attached hydrogens (tertiary/aromatic N) is 1. The second-order valence-electron chi connectivity index (χ2n) is 5.63. The smallest absolute Gasteiger partial charge is 0.222 e. The van der Waals surface area contributed by atoms with Crippen LogP contribution in [0, 0.1) is 0 Å². The second kappa shape index (κ2) is 6.75. The van der Waals surface area contributed by atoms with Crippen LogP contribution < -0.4 is 10.1 Å². The van der Waals surface area contributed by atoms with Gasteiger partial charge in [0.1, 0.15) is 5.75 Å². The molecule has 1 saturated heterocycles. The Balaban J connectivity index is 1.82. The standard InChI is InChI=1S/C16H24N2O2/c1-12(10-13-4-7-15(20-3)8-5-13)17-14-6-9-16(19)18(2)11-14/h4-5,7-8,12,14,17H,6,9-11H2,1-3H3. The highest BCUT2D eigenvalue weighted by Crippen LogP contribution is 2.14. The molecule has 4 nitrogen and oxygen atoms in total. The molecular weight excluding hydrogens is 252 g/mol. The van der Waals surface area contributed by atoms with Crippen molar-refractivity contribution in [2.75, 3.05) is 20.7 Å². The van der Waals surface area contributed by atoms with Gasteiger partial charge in [0.05, 0.1) is 7.11 Å². The first-order valence-electron chi connectivity index (χ1n) is 7.21. The van der Waals surface area contributed by atoms with Crippen molar-refractivity contribution >= 4 is 5.91 Å². The number of methoxy groups -OCH3 is 1. The molecule has 20 heavy (non-hydrogen) atoms. The van der Waals surface area contributed by atoms with E-state index in [1.807, 2.05) is 24.1 Å². The molecule has 2 atom stereocenters. The Morgan fingerprint density at radius 1 is 1.40 bits per heavy atom. The van der Waals surface area contributed by atoms with Crippen LogP contribution in [0.1, 0.15) is 25.3 Å². The summed E-state index contributed by atoms with van der Waals surface area (Å²) >= 11 is 0. The van der Waals surface area contributed by atoms with Crippen molar-refractivity contribution in [3.8, 4) is 5.75 Å².